The monoisotopic (exact) mass is 144 g/mol. The van der Waals surface area contributed by atoms with Crippen LogP contribution in [0.2, 0.25) is 0 Å². The van der Waals surface area contributed by atoms with Crippen LogP contribution in [0.3, 0.4) is 0 Å². The second-order valence-corrected chi connectivity index (χ2v) is 2.30. The number of hydrogen-bond donors (Lipinski definition) is 1. The van der Waals surface area contributed by atoms with E-state index in [0.29, 0.717) is 0 Å². The number of carbonyl (C=O) groups is 2. The van der Waals surface area contributed by atoms with Gasteiger partial charge >= 0.3 is 5.97 Å². The average Bonchev–Trinajstić information content (AvgIpc) is 2.15. The molecule has 1 atom stereocenters. The maximum atomic E-state index is 10.6. The number of carbonyl (C=O) groups excluding carboxylic acids is 2. The molecule has 4 heteroatoms. The molecule has 1 rings (SSSR count). The van der Waals surface area contributed by atoms with E-state index in [1.165, 1.54) is 6.92 Å². The van der Waals surface area contributed by atoms with Crippen LogP contribution in [0, 0.1) is 0 Å². The van der Waals surface area contributed by atoms with E-state index in [-0.39, 0.29) is 13.0 Å². The molecule has 4 nitrogen and oxygen atoms in total. The van der Waals surface area contributed by atoms with Crippen LogP contribution in [0.5, 0.6) is 0 Å². The summed E-state index contributed by atoms with van der Waals surface area (Å²) >= 11 is 0. The minimum absolute atomic E-state index is 0.0845. The van der Waals surface area contributed by atoms with Crippen molar-refractivity contribution in [3.05, 3.63) is 0 Å². The van der Waals surface area contributed by atoms with Crippen molar-refractivity contribution in [3.8, 4) is 0 Å². The van der Waals surface area contributed by atoms with Crippen LogP contribution < -0.4 is 0 Å². The molecule has 1 fully saturated rings. The molecular weight excluding hydrogens is 136 g/mol. The summed E-state index contributed by atoms with van der Waals surface area (Å²) in [5, 5.41) is 9.21. The largest absolute Gasteiger partial charge is 0.463 e. The standard InChI is InChI=1S/C6H8O4/c1-4(7)6(9)2-3-10-5(6)8/h9H,2-3H2,1H3. The van der Waals surface area contributed by atoms with Crippen LogP contribution in [-0.2, 0) is 14.3 Å². The predicted octanol–water partition coefficient (Wildman–Crippen LogP) is -0.747. The van der Waals surface area contributed by atoms with Crippen molar-refractivity contribution in [1.82, 2.24) is 0 Å². The molecule has 0 spiro atoms. The lowest BCUT2D eigenvalue weighted by molar-refractivity contribution is -0.158. The fourth-order valence-corrected chi connectivity index (χ4v) is 0.833. The second kappa shape index (κ2) is 2.05. The van der Waals surface area contributed by atoms with E-state index in [1.807, 2.05) is 0 Å². The average molecular weight is 144 g/mol. The zero-order valence-electron chi connectivity index (χ0n) is 5.59. The van der Waals surface area contributed by atoms with Gasteiger partial charge < -0.3 is 9.84 Å². The van der Waals surface area contributed by atoms with Crippen molar-refractivity contribution in [2.75, 3.05) is 6.61 Å². The van der Waals surface area contributed by atoms with Crippen molar-refractivity contribution >= 4 is 11.8 Å². The number of ketones is 1. The second-order valence-electron chi connectivity index (χ2n) is 2.30. The van der Waals surface area contributed by atoms with E-state index in [1.54, 1.807) is 0 Å². The van der Waals surface area contributed by atoms with Gasteiger partial charge in [0.2, 0.25) is 5.60 Å². The first-order valence-corrected chi connectivity index (χ1v) is 2.98. The summed E-state index contributed by atoms with van der Waals surface area (Å²) in [5.74, 6) is -1.37. The Hall–Kier alpha value is -0.900. The lowest BCUT2D eigenvalue weighted by atomic mass is 9.98. The van der Waals surface area contributed by atoms with Crippen LogP contribution >= 0.6 is 0 Å². The number of rotatable bonds is 1. The SMILES string of the molecule is CC(=O)C1(O)CCOC1=O. The molecule has 1 saturated heterocycles. The van der Waals surface area contributed by atoms with Gasteiger partial charge in [0.1, 0.15) is 0 Å². The van der Waals surface area contributed by atoms with Gasteiger partial charge in [0.25, 0.3) is 0 Å². The molecule has 1 unspecified atom stereocenters. The van der Waals surface area contributed by atoms with Gasteiger partial charge in [-0.25, -0.2) is 4.79 Å². The minimum atomic E-state index is -1.85. The van der Waals surface area contributed by atoms with Gasteiger partial charge in [0.05, 0.1) is 6.61 Å². The lowest BCUT2D eigenvalue weighted by Gasteiger charge is -2.11. The maximum Gasteiger partial charge on any atom is 0.346 e. The Morgan fingerprint density at radius 2 is 2.40 bits per heavy atom. The molecule has 1 heterocycles. The lowest BCUT2D eigenvalue weighted by Crippen LogP contribution is -2.41. The van der Waals surface area contributed by atoms with Gasteiger partial charge in [0.15, 0.2) is 5.78 Å². The first-order valence-electron chi connectivity index (χ1n) is 2.98. The molecule has 0 aromatic heterocycles. The predicted molar refractivity (Wildman–Crippen MR) is 31.2 cm³/mol. The summed E-state index contributed by atoms with van der Waals surface area (Å²) in [4.78, 5) is 21.3. The Morgan fingerprint density at radius 3 is 2.60 bits per heavy atom. The summed E-state index contributed by atoms with van der Waals surface area (Å²) in [5.41, 5.74) is -1.85. The number of Topliss-reactive ketones (excluding diaryl/α,β-unsaturated/α-hetero) is 1. The third-order valence-corrected chi connectivity index (χ3v) is 1.62. The molecule has 0 saturated carbocycles. The molecule has 56 valence electrons. The topological polar surface area (TPSA) is 63.6 Å². The highest BCUT2D eigenvalue weighted by Crippen LogP contribution is 2.20. The number of aliphatic hydroxyl groups is 1. The van der Waals surface area contributed by atoms with Crippen molar-refractivity contribution in [3.63, 3.8) is 0 Å². The van der Waals surface area contributed by atoms with Gasteiger partial charge in [-0.05, 0) is 6.92 Å². The smallest absolute Gasteiger partial charge is 0.346 e. The molecule has 0 aromatic carbocycles. The zero-order valence-corrected chi connectivity index (χ0v) is 5.59. The van der Waals surface area contributed by atoms with E-state index in [2.05, 4.69) is 4.74 Å². The normalized spacial score (nSPS) is 32.0. The Bertz CT molecular complexity index is 186. The Morgan fingerprint density at radius 1 is 1.80 bits per heavy atom. The molecule has 0 radical (unpaired) electrons. The molecule has 0 bridgehead atoms. The summed E-state index contributed by atoms with van der Waals surface area (Å²) in [6.07, 6.45) is 0.0845. The zero-order chi connectivity index (χ0) is 7.78. The van der Waals surface area contributed by atoms with E-state index >= 15 is 0 Å². The quantitative estimate of drug-likeness (QED) is 0.388. The highest BCUT2D eigenvalue weighted by molar-refractivity contribution is 6.06. The van der Waals surface area contributed by atoms with E-state index in [4.69, 9.17) is 0 Å². The molecular formula is C6H8O4. The molecule has 1 N–H and O–H groups in total. The molecule has 10 heavy (non-hydrogen) atoms. The Kier molecular flexibility index (Phi) is 1.48. The highest BCUT2D eigenvalue weighted by atomic mass is 16.6. The fraction of sp³-hybridized carbons (Fsp3) is 0.667. The van der Waals surface area contributed by atoms with E-state index < -0.39 is 17.4 Å². The van der Waals surface area contributed by atoms with Crippen molar-refractivity contribution < 1.29 is 19.4 Å². The summed E-state index contributed by atoms with van der Waals surface area (Å²) in [7, 11) is 0. The Labute approximate surface area is 57.8 Å². The first kappa shape index (κ1) is 7.21. The molecule has 0 aliphatic carbocycles. The van der Waals surface area contributed by atoms with Gasteiger partial charge in [-0.1, -0.05) is 0 Å². The van der Waals surface area contributed by atoms with Gasteiger partial charge in [-0.3, -0.25) is 4.79 Å². The maximum absolute atomic E-state index is 10.6. The summed E-state index contributed by atoms with van der Waals surface area (Å²) < 4.78 is 4.42. The van der Waals surface area contributed by atoms with Crippen LogP contribution in [0.15, 0.2) is 0 Å². The van der Waals surface area contributed by atoms with Gasteiger partial charge in [-0.15, -0.1) is 0 Å². The van der Waals surface area contributed by atoms with Crippen LogP contribution in [-0.4, -0.2) is 29.1 Å². The number of ether oxygens (including phenoxy) is 1. The van der Waals surface area contributed by atoms with Gasteiger partial charge in [0, 0.05) is 6.42 Å². The fourth-order valence-electron chi connectivity index (χ4n) is 0.833. The van der Waals surface area contributed by atoms with Crippen LogP contribution in [0.25, 0.3) is 0 Å². The van der Waals surface area contributed by atoms with Crippen molar-refractivity contribution in [2.24, 2.45) is 0 Å². The van der Waals surface area contributed by atoms with E-state index in [9.17, 15) is 14.7 Å². The van der Waals surface area contributed by atoms with Crippen LogP contribution in [0.4, 0.5) is 0 Å². The minimum Gasteiger partial charge on any atom is -0.463 e. The Balaban J connectivity index is 2.86. The molecule has 0 amide bonds. The first-order chi connectivity index (χ1) is 4.57. The van der Waals surface area contributed by atoms with Crippen molar-refractivity contribution in [2.45, 2.75) is 18.9 Å². The third kappa shape index (κ3) is 0.806. The van der Waals surface area contributed by atoms with Crippen LogP contribution in [0.1, 0.15) is 13.3 Å². The summed E-state index contributed by atoms with van der Waals surface area (Å²) in [6.45, 7) is 1.31. The highest BCUT2D eigenvalue weighted by Gasteiger charge is 2.46. The molecule has 1 aliphatic rings. The van der Waals surface area contributed by atoms with Gasteiger partial charge in [-0.2, -0.15) is 0 Å². The third-order valence-electron chi connectivity index (χ3n) is 1.62. The van der Waals surface area contributed by atoms with Crippen molar-refractivity contribution in [1.29, 1.82) is 0 Å². The van der Waals surface area contributed by atoms with E-state index in [0.717, 1.165) is 0 Å². The number of esters is 1. The summed E-state index contributed by atoms with van der Waals surface area (Å²) in [6, 6.07) is 0. The number of hydrogen-bond acceptors (Lipinski definition) is 4. The number of cyclic esters (lactones) is 1. The molecule has 0 aromatic rings. The molecule has 1 aliphatic heterocycles.